The van der Waals surface area contributed by atoms with E-state index in [1.165, 1.54) is 24.0 Å². The number of rotatable bonds is 7. The van der Waals surface area contributed by atoms with E-state index < -0.39 is 0 Å². The van der Waals surface area contributed by atoms with E-state index in [2.05, 4.69) is 54.5 Å². The highest BCUT2D eigenvalue weighted by Gasteiger charge is 2.23. The van der Waals surface area contributed by atoms with Crippen molar-refractivity contribution >= 4 is 5.97 Å². The van der Waals surface area contributed by atoms with Crippen LogP contribution >= 0.6 is 0 Å². The summed E-state index contributed by atoms with van der Waals surface area (Å²) in [5, 5.41) is 0. The molecule has 0 radical (unpaired) electrons. The molecule has 23 heavy (non-hydrogen) atoms. The maximum Gasteiger partial charge on any atom is 0.311 e. The van der Waals surface area contributed by atoms with Crippen molar-refractivity contribution in [3.8, 4) is 5.75 Å². The third-order valence-corrected chi connectivity index (χ3v) is 4.26. The predicted octanol–water partition coefficient (Wildman–Crippen LogP) is 6.29. The molecular weight excluding hydrogens is 284 g/mol. The predicted molar refractivity (Wildman–Crippen MR) is 98.4 cm³/mol. The van der Waals surface area contributed by atoms with E-state index in [-0.39, 0.29) is 11.4 Å². The lowest BCUT2D eigenvalue weighted by molar-refractivity contribution is -0.134. The Bertz CT molecular complexity index is 521. The van der Waals surface area contributed by atoms with Crippen molar-refractivity contribution in [1.82, 2.24) is 0 Å². The van der Waals surface area contributed by atoms with Gasteiger partial charge in [0.1, 0.15) is 5.75 Å². The summed E-state index contributed by atoms with van der Waals surface area (Å²) in [6.07, 6.45) is 4.89. The topological polar surface area (TPSA) is 26.3 Å². The number of hydrogen-bond donors (Lipinski definition) is 0. The molecule has 1 aromatic rings. The summed E-state index contributed by atoms with van der Waals surface area (Å²) < 4.78 is 5.73. The van der Waals surface area contributed by atoms with E-state index in [1.807, 2.05) is 6.07 Å². The van der Waals surface area contributed by atoms with Crippen molar-refractivity contribution in [2.75, 3.05) is 0 Å². The van der Waals surface area contributed by atoms with Gasteiger partial charge < -0.3 is 4.74 Å². The molecule has 130 valence electrons. The zero-order chi connectivity index (χ0) is 17.6. The van der Waals surface area contributed by atoms with Gasteiger partial charge in [-0.25, -0.2) is 0 Å². The molecule has 1 aromatic carbocycles. The number of carbonyl (C=O) groups excluding carboxylic acids is 1. The first-order valence-electron chi connectivity index (χ1n) is 9.02. The molecular formula is C21H34O2. The second kappa shape index (κ2) is 8.52. The lowest BCUT2D eigenvalue weighted by Gasteiger charge is -2.25. The summed E-state index contributed by atoms with van der Waals surface area (Å²) in [7, 11) is 0. The molecule has 0 unspecified atom stereocenters. The molecule has 0 spiro atoms. The standard InChI is InChI=1S/C21H34O2/c1-8-9-10-11-12-20(22)23-19-13-16(4)17(15(2)3)14-18(19)21(5,6)7/h13-15H,8-12H2,1-7H3. The Labute approximate surface area is 142 Å². The first-order valence-corrected chi connectivity index (χ1v) is 9.02. The highest BCUT2D eigenvalue weighted by atomic mass is 16.5. The van der Waals surface area contributed by atoms with E-state index in [0.717, 1.165) is 24.2 Å². The largest absolute Gasteiger partial charge is 0.426 e. The average Bonchev–Trinajstić information content (AvgIpc) is 2.42. The minimum Gasteiger partial charge on any atom is -0.426 e. The monoisotopic (exact) mass is 318 g/mol. The molecule has 0 atom stereocenters. The molecule has 0 saturated carbocycles. The molecule has 0 aliphatic heterocycles. The molecule has 0 aromatic heterocycles. The van der Waals surface area contributed by atoms with Gasteiger partial charge >= 0.3 is 5.97 Å². The van der Waals surface area contributed by atoms with Crippen molar-refractivity contribution in [2.24, 2.45) is 0 Å². The summed E-state index contributed by atoms with van der Waals surface area (Å²) in [6, 6.07) is 4.26. The molecule has 0 N–H and O–H groups in total. The molecule has 1 rings (SSSR count). The SMILES string of the molecule is CCCCCCC(=O)Oc1cc(C)c(C(C)C)cc1C(C)(C)C. The Balaban J connectivity index is 2.96. The van der Waals surface area contributed by atoms with E-state index in [1.54, 1.807) is 0 Å². The lowest BCUT2D eigenvalue weighted by Crippen LogP contribution is -2.17. The lowest BCUT2D eigenvalue weighted by atomic mass is 9.82. The van der Waals surface area contributed by atoms with E-state index in [0.29, 0.717) is 12.3 Å². The second-order valence-electron chi connectivity index (χ2n) is 7.89. The second-order valence-corrected chi connectivity index (χ2v) is 7.89. The summed E-state index contributed by atoms with van der Waals surface area (Å²) in [5.74, 6) is 1.10. The van der Waals surface area contributed by atoms with Gasteiger partial charge in [0.05, 0.1) is 0 Å². The molecule has 0 aliphatic rings. The first kappa shape index (κ1) is 19.7. The van der Waals surface area contributed by atoms with Gasteiger partial charge in [-0.15, -0.1) is 0 Å². The summed E-state index contributed by atoms with van der Waals surface area (Å²) >= 11 is 0. The number of hydrogen-bond acceptors (Lipinski definition) is 2. The minimum absolute atomic E-state index is 0.0465. The summed E-state index contributed by atoms with van der Waals surface area (Å²) in [4.78, 5) is 12.2. The number of esters is 1. The van der Waals surface area contributed by atoms with E-state index >= 15 is 0 Å². The van der Waals surface area contributed by atoms with Crippen molar-refractivity contribution in [3.05, 3.63) is 28.8 Å². The fourth-order valence-corrected chi connectivity index (χ4v) is 2.86. The van der Waals surface area contributed by atoms with Crippen LogP contribution in [0.4, 0.5) is 0 Å². The minimum atomic E-state index is -0.108. The fraction of sp³-hybridized carbons (Fsp3) is 0.667. The Morgan fingerprint density at radius 3 is 2.30 bits per heavy atom. The molecule has 2 heteroatoms. The van der Waals surface area contributed by atoms with Gasteiger partial charge in [0.2, 0.25) is 0 Å². The van der Waals surface area contributed by atoms with Crippen LogP contribution in [0, 0.1) is 6.92 Å². The van der Waals surface area contributed by atoms with Gasteiger partial charge in [-0.05, 0) is 41.9 Å². The van der Waals surface area contributed by atoms with Crippen LogP contribution in [0.25, 0.3) is 0 Å². The van der Waals surface area contributed by atoms with Crippen LogP contribution in [-0.4, -0.2) is 5.97 Å². The molecule has 2 nitrogen and oxygen atoms in total. The van der Waals surface area contributed by atoms with Crippen molar-refractivity contribution in [3.63, 3.8) is 0 Å². The van der Waals surface area contributed by atoms with Crippen molar-refractivity contribution in [1.29, 1.82) is 0 Å². The Morgan fingerprint density at radius 1 is 1.13 bits per heavy atom. The maximum absolute atomic E-state index is 12.2. The van der Waals surface area contributed by atoms with Crippen LogP contribution in [-0.2, 0) is 10.2 Å². The molecule has 0 bridgehead atoms. The number of ether oxygens (including phenoxy) is 1. The first-order chi connectivity index (χ1) is 10.7. The highest BCUT2D eigenvalue weighted by molar-refractivity contribution is 5.73. The highest BCUT2D eigenvalue weighted by Crippen LogP contribution is 2.36. The smallest absolute Gasteiger partial charge is 0.311 e. The van der Waals surface area contributed by atoms with Gasteiger partial charge in [-0.3, -0.25) is 4.79 Å². The van der Waals surface area contributed by atoms with E-state index in [4.69, 9.17) is 4.74 Å². The average molecular weight is 319 g/mol. The van der Waals surface area contributed by atoms with Gasteiger partial charge in [0.25, 0.3) is 0 Å². The number of aryl methyl sites for hydroxylation is 1. The zero-order valence-electron chi connectivity index (χ0n) is 16.1. The summed E-state index contributed by atoms with van der Waals surface area (Å²) in [6.45, 7) is 15.2. The third kappa shape index (κ3) is 6.01. The van der Waals surface area contributed by atoms with Crippen molar-refractivity contribution < 1.29 is 9.53 Å². The third-order valence-electron chi connectivity index (χ3n) is 4.26. The quantitative estimate of drug-likeness (QED) is 0.335. The molecule has 0 saturated heterocycles. The molecule has 0 heterocycles. The van der Waals surface area contributed by atoms with Gasteiger partial charge in [-0.2, -0.15) is 0 Å². The van der Waals surface area contributed by atoms with Crippen LogP contribution < -0.4 is 4.74 Å². The number of benzene rings is 1. The molecule has 0 amide bonds. The van der Waals surface area contributed by atoms with Crippen LogP contribution in [0.5, 0.6) is 5.75 Å². The fourth-order valence-electron chi connectivity index (χ4n) is 2.86. The van der Waals surface area contributed by atoms with Gasteiger partial charge in [-0.1, -0.05) is 66.9 Å². The van der Waals surface area contributed by atoms with Crippen LogP contribution in [0.15, 0.2) is 12.1 Å². The summed E-state index contributed by atoms with van der Waals surface area (Å²) in [5.41, 5.74) is 3.60. The van der Waals surface area contributed by atoms with Crippen LogP contribution in [0.2, 0.25) is 0 Å². The number of unbranched alkanes of at least 4 members (excludes halogenated alkanes) is 3. The Hall–Kier alpha value is -1.31. The maximum atomic E-state index is 12.2. The van der Waals surface area contributed by atoms with Crippen LogP contribution in [0.1, 0.15) is 96.3 Å². The van der Waals surface area contributed by atoms with Gasteiger partial charge in [0.15, 0.2) is 0 Å². The molecule has 0 aliphatic carbocycles. The van der Waals surface area contributed by atoms with Crippen LogP contribution in [0.3, 0.4) is 0 Å². The number of carbonyl (C=O) groups is 1. The Kier molecular flexibility index (Phi) is 7.31. The van der Waals surface area contributed by atoms with Gasteiger partial charge in [0, 0.05) is 12.0 Å². The zero-order valence-corrected chi connectivity index (χ0v) is 16.1. The normalized spacial score (nSPS) is 11.8. The van der Waals surface area contributed by atoms with Crippen molar-refractivity contribution in [2.45, 2.75) is 91.9 Å². The molecule has 0 fully saturated rings. The Morgan fingerprint density at radius 2 is 1.78 bits per heavy atom. The van der Waals surface area contributed by atoms with E-state index in [9.17, 15) is 4.79 Å².